The molecule has 0 bridgehead atoms. The standard InChI is InChI=1S/C17H19N3O2/c18-15-9-8-13(11-19-15)20-17(21)14-7-4-10-22-16(14)12-5-2-1-3-6-12/h1-3,5-6,8-9,11,14,16H,4,7,10H2,(H2,18,19)(H,20,21). The second-order valence-corrected chi connectivity index (χ2v) is 5.41. The maximum atomic E-state index is 12.6. The Morgan fingerprint density at radius 3 is 2.77 bits per heavy atom. The molecule has 1 aromatic heterocycles. The number of amides is 1. The van der Waals surface area contributed by atoms with Crippen molar-refractivity contribution in [2.45, 2.75) is 18.9 Å². The highest BCUT2D eigenvalue weighted by molar-refractivity contribution is 5.93. The third-order valence-electron chi connectivity index (χ3n) is 3.84. The van der Waals surface area contributed by atoms with Crippen molar-refractivity contribution >= 4 is 17.4 Å². The molecule has 0 saturated carbocycles. The first-order chi connectivity index (χ1) is 10.7. The second kappa shape index (κ2) is 6.58. The molecule has 1 aliphatic heterocycles. The number of hydrogen-bond donors (Lipinski definition) is 2. The first-order valence-electron chi connectivity index (χ1n) is 7.43. The molecule has 114 valence electrons. The molecule has 1 saturated heterocycles. The number of carbonyl (C=O) groups is 1. The number of rotatable bonds is 3. The molecule has 5 heteroatoms. The van der Waals surface area contributed by atoms with Crippen LogP contribution in [0.3, 0.4) is 0 Å². The average molecular weight is 297 g/mol. The Balaban J connectivity index is 1.75. The zero-order chi connectivity index (χ0) is 15.4. The molecule has 3 N–H and O–H groups in total. The van der Waals surface area contributed by atoms with Crippen LogP contribution in [0.4, 0.5) is 11.5 Å². The molecule has 0 aliphatic carbocycles. The van der Waals surface area contributed by atoms with Crippen molar-refractivity contribution in [1.82, 2.24) is 4.98 Å². The Kier molecular flexibility index (Phi) is 4.34. The summed E-state index contributed by atoms with van der Waals surface area (Å²) in [6.45, 7) is 0.687. The molecule has 1 aromatic carbocycles. The highest BCUT2D eigenvalue weighted by atomic mass is 16.5. The summed E-state index contributed by atoms with van der Waals surface area (Å²) in [7, 11) is 0. The Morgan fingerprint density at radius 2 is 2.05 bits per heavy atom. The molecular formula is C17H19N3O2. The van der Waals surface area contributed by atoms with Crippen molar-refractivity contribution in [1.29, 1.82) is 0 Å². The van der Waals surface area contributed by atoms with E-state index in [1.165, 1.54) is 0 Å². The average Bonchev–Trinajstić information content (AvgIpc) is 2.58. The Bertz CT molecular complexity index is 628. The number of ether oxygens (including phenoxy) is 1. The zero-order valence-corrected chi connectivity index (χ0v) is 12.2. The van der Waals surface area contributed by atoms with Gasteiger partial charge in [0.05, 0.1) is 23.9 Å². The molecule has 22 heavy (non-hydrogen) atoms. The van der Waals surface area contributed by atoms with Gasteiger partial charge in [-0.25, -0.2) is 4.98 Å². The number of benzene rings is 1. The lowest BCUT2D eigenvalue weighted by atomic mass is 9.88. The van der Waals surface area contributed by atoms with Crippen LogP contribution >= 0.6 is 0 Å². The van der Waals surface area contributed by atoms with E-state index in [0.717, 1.165) is 18.4 Å². The molecule has 1 fully saturated rings. The van der Waals surface area contributed by atoms with Crippen LogP contribution in [0.2, 0.25) is 0 Å². The van der Waals surface area contributed by atoms with E-state index in [9.17, 15) is 4.79 Å². The summed E-state index contributed by atoms with van der Waals surface area (Å²) in [6, 6.07) is 13.3. The number of pyridine rings is 1. The van der Waals surface area contributed by atoms with Gasteiger partial charge in [0, 0.05) is 6.61 Å². The molecule has 1 amide bonds. The van der Waals surface area contributed by atoms with Crippen molar-refractivity contribution in [3.63, 3.8) is 0 Å². The van der Waals surface area contributed by atoms with E-state index in [2.05, 4.69) is 10.3 Å². The molecule has 3 rings (SSSR count). The Morgan fingerprint density at radius 1 is 1.23 bits per heavy atom. The minimum absolute atomic E-state index is 0.0416. The summed E-state index contributed by atoms with van der Waals surface area (Å²) in [4.78, 5) is 16.6. The molecule has 2 atom stereocenters. The molecule has 2 heterocycles. The highest BCUT2D eigenvalue weighted by Gasteiger charge is 2.33. The van der Waals surface area contributed by atoms with Crippen LogP contribution in [0.1, 0.15) is 24.5 Å². The summed E-state index contributed by atoms with van der Waals surface area (Å²) >= 11 is 0. The van der Waals surface area contributed by atoms with Gasteiger partial charge in [-0.3, -0.25) is 4.79 Å². The van der Waals surface area contributed by atoms with Gasteiger partial charge in [0.15, 0.2) is 0 Å². The summed E-state index contributed by atoms with van der Waals surface area (Å²) in [5.41, 5.74) is 7.24. The predicted octanol–water partition coefficient (Wildman–Crippen LogP) is 2.77. The number of aromatic nitrogens is 1. The van der Waals surface area contributed by atoms with Crippen LogP contribution in [0.15, 0.2) is 48.7 Å². The summed E-state index contributed by atoms with van der Waals surface area (Å²) in [5.74, 6) is 0.190. The molecule has 2 aromatic rings. The van der Waals surface area contributed by atoms with E-state index in [4.69, 9.17) is 10.5 Å². The van der Waals surface area contributed by atoms with E-state index < -0.39 is 0 Å². The Hall–Kier alpha value is -2.40. The number of carbonyl (C=O) groups excluding carboxylic acids is 1. The van der Waals surface area contributed by atoms with Crippen LogP contribution in [-0.4, -0.2) is 17.5 Å². The summed E-state index contributed by atoms with van der Waals surface area (Å²) < 4.78 is 5.86. The van der Waals surface area contributed by atoms with Crippen LogP contribution in [0.5, 0.6) is 0 Å². The molecule has 0 spiro atoms. The lowest BCUT2D eigenvalue weighted by molar-refractivity contribution is -0.129. The number of nitrogens with one attached hydrogen (secondary N) is 1. The van der Waals surface area contributed by atoms with Crippen LogP contribution in [-0.2, 0) is 9.53 Å². The quantitative estimate of drug-likeness (QED) is 0.913. The van der Waals surface area contributed by atoms with E-state index in [1.54, 1.807) is 18.3 Å². The van der Waals surface area contributed by atoms with Gasteiger partial charge >= 0.3 is 0 Å². The van der Waals surface area contributed by atoms with Gasteiger partial charge in [0.1, 0.15) is 5.82 Å². The number of nitrogen functional groups attached to an aromatic ring is 1. The van der Waals surface area contributed by atoms with Crippen molar-refractivity contribution in [2.75, 3.05) is 17.7 Å². The minimum Gasteiger partial charge on any atom is -0.384 e. The SMILES string of the molecule is Nc1ccc(NC(=O)C2CCCOC2c2ccccc2)cn1. The summed E-state index contributed by atoms with van der Waals surface area (Å²) in [5, 5.41) is 2.90. The van der Waals surface area contributed by atoms with Gasteiger partial charge in [-0.1, -0.05) is 30.3 Å². The fourth-order valence-corrected chi connectivity index (χ4v) is 2.74. The monoisotopic (exact) mass is 297 g/mol. The molecule has 1 aliphatic rings. The lowest BCUT2D eigenvalue weighted by Gasteiger charge is -2.31. The van der Waals surface area contributed by atoms with Gasteiger partial charge in [-0.2, -0.15) is 0 Å². The molecule has 5 nitrogen and oxygen atoms in total. The van der Waals surface area contributed by atoms with Crippen molar-refractivity contribution in [3.05, 3.63) is 54.2 Å². The maximum absolute atomic E-state index is 12.6. The fourth-order valence-electron chi connectivity index (χ4n) is 2.74. The van der Waals surface area contributed by atoms with Crippen molar-refractivity contribution in [2.24, 2.45) is 5.92 Å². The van der Waals surface area contributed by atoms with Crippen molar-refractivity contribution in [3.8, 4) is 0 Å². The third-order valence-corrected chi connectivity index (χ3v) is 3.84. The fraction of sp³-hybridized carbons (Fsp3) is 0.294. The topological polar surface area (TPSA) is 77.2 Å². The first kappa shape index (κ1) is 14.5. The molecule has 2 unspecified atom stereocenters. The predicted molar refractivity (Wildman–Crippen MR) is 85.1 cm³/mol. The minimum atomic E-state index is -0.200. The van der Waals surface area contributed by atoms with Gasteiger partial charge in [0.2, 0.25) is 5.91 Å². The third kappa shape index (κ3) is 3.26. The molecular weight excluding hydrogens is 278 g/mol. The number of nitrogens with two attached hydrogens (primary N) is 1. The lowest BCUT2D eigenvalue weighted by Crippen LogP contribution is -2.33. The van der Waals surface area contributed by atoms with Crippen LogP contribution in [0.25, 0.3) is 0 Å². The Labute approximate surface area is 129 Å². The molecule has 0 radical (unpaired) electrons. The van der Waals surface area contributed by atoms with E-state index in [1.807, 2.05) is 30.3 Å². The van der Waals surface area contributed by atoms with Gasteiger partial charge in [-0.15, -0.1) is 0 Å². The van der Waals surface area contributed by atoms with E-state index >= 15 is 0 Å². The van der Waals surface area contributed by atoms with Gasteiger partial charge < -0.3 is 15.8 Å². The number of nitrogens with zero attached hydrogens (tertiary/aromatic N) is 1. The first-order valence-corrected chi connectivity index (χ1v) is 7.43. The van der Waals surface area contributed by atoms with Crippen LogP contribution in [0, 0.1) is 5.92 Å². The largest absolute Gasteiger partial charge is 0.384 e. The maximum Gasteiger partial charge on any atom is 0.230 e. The van der Waals surface area contributed by atoms with E-state index in [0.29, 0.717) is 18.1 Å². The zero-order valence-electron chi connectivity index (χ0n) is 12.2. The van der Waals surface area contributed by atoms with E-state index in [-0.39, 0.29) is 17.9 Å². The number of hydrogen-bond acceptors (Lipinski definition) is 4. The number of anilines is 2. The summed E-state index contributed by atoms with van der Waals surface area (Å²) in [6.07, 6.45) is 3.07. The van der Waals surface area contributed by atoms with Gasteiger partial charge in [-0.05, 0) is 30.5 Å². The van der Waals surface area contributed by atoms with Crippen LogP contribution < -0.4 is 11.1 Å². The second-order valence-electron chi connectivity index (χ2n) is 5.41. The van der Waals surface area contributed by atoms with Gasteiger partial charge in [0.25, 0.3) is 0 Å². The smallest absolute Gasteiger partial charge is 0.230 e. The normalized spacial score (nSPS) is 21.3. The highest BCUT2D eigenvalue weighted by Crippen LogP contribution is 2.34. The van der Waals surface area contributed by atoms with Crippen molar-refractivity contribution < 1.29 is 9.53 Å².